The molecule has 1 aliphatic rings. The molecule has 2 rings (SSSR count). The Morgan fingerprint density at radius 1 is 1.32 bits per heavy atom. The topological polar surface area (TPSA) is 28.2 Å². The second-order valence-corrected chi connectivity index (χ2v) is 7.35. The predicted molar refractivity (Wildman–Crippen MR) is 82.9 cm³/mol. The van der Waals surface area contributed by atoms with Crippen molar-refractivity contribution >= 4 is 11.3 Å². The summed E-state index contributed by atoms with van der Waals surface area (Å²) in [6.45, 7) is 7.55. The molecule has 1 aromatic rings. The van der Waals surface area contributed by atoms with Crippen molar-refractivity contribution < 1.29 is 0 Å². The number of aromatic nitrogens is 1. The number of rotatable bonds is 5. The van der Waals surface area contributed by atoms with E-state index in [0.717, 1.165) is 6.54 Å². The van der Waals surface area contributed by atoms with Crippen LogP contribution >= 0.6 is 11.3 Å². The average molecular weight is 281 g/mol. The van der Waals surface area contributed by atoms with Crippen molar-refractivity contribution in [2.45, 2.75) is 58.0 Å². The van der Waals surface area contributed by atoms with E-state index in [-0.39, 0.29) is 0 Å². The molecule has 0 aromatic carbocycles. The maximum Gasteiger partial charge on any atom is 0.0900 e. The van der Waals surface area contributed by atoms with Crippen molar-refractivity contribution in [1.29, 1.82) is 0 Å². The number of hydrogen-bond acceptors (Lipinski definition) is 4. The van der Waals surface area contributed by atoms with E-state index in [0.29, 0.717) is 11.6 Å². The van der Waals surface area contributed by atoms with E-state index in [2.05, 4.69) is 50.1 Å². The number of aryl methyl sites for hydroxylation is 2. The van der Waals surface area contributed by atoms with Crippen LogP contribution in [-0.2, 0) is 0 Å². The average Bonchev–Trinajstić information content (AvgIpc) is 2.94. The van der Waals surface area contributed by atoms with E-state index in [1.54, 1.807) is 0 Å². The van der Waals surface area contributed by atoms with Crippen molar-refractivity contribution in [3.8, 4) is 0 Å². The third kappa shape index (κ3) is 3.18. The van der Waals surface area contributed by atoms with Crippen LogP contribution in [0.25, 0.3) is 0 Å². The van der Waals surface area contributed by atoms with Gasteiger partial charge in [0.15, 0.2) is 0 Å². The molecule has 1 N–H and O–H groups in total. The van der Waals surface area contributed by atoms with Crippen LogP contribution in [0.2, 0.25) is 0 Å². The first-order valence-electron chi connectivity index (χ1n) is 7.29. The Morgan fingerprint density at radius 3 is 2.42 bits per heavy atom. The van der Waals surface area contributed by atoms with E-state index in [4.69, 9.17) is 0 Å². The first-order chi connectivity index (χ1) is 8.94. The minimum atomic E-state index is 0.363. The molecule has 3 nitrogen and oxygen atoms in total. The summed E-state index contributed by atoms with van der Waals surface area (Å²) < 4.78 is 0. The lowest BCUT2D eigenvalue weighted by Gasteiger charge is -2.37. The van der Waals surface area contributed by atoms with Crippen molar-refractivity contribution in [3.05, 3.63) is 15.6 Å². The van der Waals surface area contributed by atoms with Crippen molar-refractivity contribution in [2.24, 2.45) is 0 Å². The van der Waals surface area contributed by atoms with Crippen molar-refractivity contribution in [3.63, 3.8) is 0 Å². The van der Waals surface area contributed by atoms with Crippen LogP contribution in [0.5, 0.6) is 0 Å². The summed E-state index contributed by atoms with van der Waals surface area (Å²) in [6.07, 6.45) is 5.38. The molecule has 0 aliphatic heterocycles. The maximum absolute atomic E-state index is 4.53. The SMILES string of the molecule is Cc1nc(C)c(C(C)NCC2(N(C)C)CCCC2)s1. The van der Waals surface area contributed by atoms with Gasteiger partial charge in [-0.3, -0.25) is 0 Å². The van der Waals surface area contributed by atoms with Gasteiger partial charge >= 0.3 is 0 Å². The van der Waals surface area contributed by atoms with E-state index < -0.39 is 0 Å². The highest BCUT2D eigenvalue weighted by molar-refractivity contribution is 7.11. The molecule has 1 fully saturated rings. The first kappa shape index (κ1) is 14.9. The quantitative estimate of drug-likeness (QED) is 0.897. The van der Waals surface area contributed by atoms with E-state index in [9.17, 15) is 0 Å². The molecule has 1 unspecified atom stereocenters. The molecule has 0 bridgehead atoms. The summed E-state index contributed by atoms with van der Waals surface area (Å²) >= 11 is 1.83. The first-order valence-corrected chi connectivity index (χ1v) is 8.11. The Labute approximate surface area is 121 Å². The van der Waals surface area contributed by atoms with Crippen LogP contribution in [0, 0.1) is 13.8 Å². The number of thiazole rings is 1. The van der Waals surface area contributed by atoms with Crippen LogP contribution in [0.15, 0.2) is 0 Å². The van der Waals surface area contributed by atoms with Gasteiger partial charge in [0.05, 0.1) is 10.7 Å². The van der Waals surface area contributed by atoms with Crippen molar-refractivity contribution in [1.82, 2.24) is 15.2 Å². The fraction of sp³-hybridized carbons (Fsp3) is 0.800. The molecule has 1 atom stereocenters. The molecule has 4 heteroatoms. The Hall–Kier alpha value is -0.450. The summed E-state index contributed by atoms with van der Waals surface area (Å²) in [5.74, 6) is 0. The summed E-state index contributed by atoms with van der Waals surface area (Å²) in [7, 11) is 4.44. The number of nitrogens with zero attached hydrogens (tertiary/aromatic N) is 2. The molecule has 19 heavy (non-hydrogen) atoms. The van der Waals surface area contributed by atoms with E-state index in [1.165, 1.54) is 41.3 Å². The molecule has 108 valence electrons. The third-order valence-corrected chi connectivity index (χ3v) is 5.81. The predicted octanol–water partition coefficient (Wildman–Crippen LogP) is 3.28. The van der Waals surface area contributed by atoms with Gasteiger partial charge in [0.1, 0.15) is 0 Å². The van der Waals surface area contributed by atoms with Crippen LogP contribution in [-0.4, -0.2) is 36.1 Å². The smallest absolute Gasteiger partial charge is 0.0900 e. The highest BCUT2D eigenvalue weighted by Gasteiger charge is 2.36. The summed E-state index contributed by atoms with van der Waals surface area (Å²) in [5.41, 5.74) is 1.55. The number of hydrogen-bond donors (Lipinski definition) is 1. The van der Waals surface area contributed by atoms with Crippen molar-refractivity contribution in [2.75, 3.05) is 20.6 Å². The lowest BCUT2D eigenvalue weighted by Crippen LogP contribution is -2.50. The van der Waals surface area contributed by atoms with E-state index in [1.807, 2.05) is 11.3 Å². The zero-order chi connectivity index (χ0) is 14.0. The van der Waals surface area contributed by atoms with Crippen LogP contribution in [0.1, 0.15) is 54.2 Å². The monoisotopic (exact) mass is 281 g/mol. The summed E-state index contributed by atoms with van der Waals surface area (Å²) in [4.78, 5) is 8.35. The van der Waals surface area contributed by atoms with Gasteiger partial charge in [0, 0.05) is 23.0 Å². The zero-order valence-corrected chi connectivity index (χ0v) is 13.7. The van der Waals surface area contributed by atoms with Crippen LogP contribution < -0.4 is 5.32 Å². The van der Waals surface area contributed by atoms with Gasteiger partial charge < -0.3 is 10.2 Å². The van der Waals surface area contributed by atoms with Gasteiger partial charge in [-0.15, -0.1) is 11.3 Å². The molecular formula is C15H27N3S. The molecular weight excluding hydrogens is 254 g/mol. The van der Waals surface area contributed by atoms with Gasteiger partial charge in [0.2, 0.25) is 0 Å². The van der Waals surface area contributed by atoms with Gasteiger partial charge in [-0.2, -0.15) is 0 Å². The van der Waals surface area contributed by atoms with Gasteiger partial charge in [-0.1, -0.05) is 12.8 Å². The molecule has 0 saturated heterocycles. The number of nitrogens with one attached hydrogen (secondary N) is 1. The van der Waals surface area contributed by atoms with Crippen LogP contribution in [0.4, 0.5) is 0 Å². The fourth-order valence-electron chi connectivity index (χ4n) is 3.20. The molecule has 1 aromatic heterocycles. The maximum atomic E-state index is 4.53. The van der Waals surface area contributed by atoms with Gasteiger partial charge in [-0.05, 0) is 47.7 Å². The Morgan fingerprint density at radius 2 is 1.95 bits per heavy atom. The minimum Gasteiger partial charge on any atom is -0.308 e. The third-order valence-electron chi connectivity index (χ3n) is 4.55. The summed E-state index contributed by atoms with van der Waals surface area (Å²) in [5, 5.41) is 4.92. The largest absolute Gasteiger partial charge is 0.308 e. The molecule has 1 aliphatic carbocycles. The molecule has 0 amide bonds. The fourth-order valence-corrected chi connectivity index (χ4v) is 4.15. The molecule has 0 radical (unpaired) electrons. The number of likely N-dealkylation sites (N-methyl/N-ethyl adjacent to an activating group) is 1. The second-order valence-electron chi connectivity index (χ2n) is 6.11. The Balaban J connectivity index is 1.99. The normalized spacial score (nSPS) is 20.1. The van der Waals surface area contributed by atoms with Crippen LogP contribution in [0.3, 0.4) is 0 Å². The van der Waals surface area contributed by atoms with E-state index >= 15 is 0 Å². The van der Waals surface area contributed by atoms with Gasteiger partial charge in [0.25, 0.3) is 0 Å². The highest BCUT2D eigenvalue weighted by Crippen LogP contribution is 2.34. The Bertz CT molecular complexity index is 419. The Kier molecular flexibility index (Phi) is 4.64. The lowest BCUT2D eigenvalue weighted by molar-refractivity contribution is 0.150. The zero-order valence-electron chi connectivity index (χ0n) is 12.9. The minimum absolute atomic E-state index is 0.363. The standard InChI is InChI=1S/C15H27N3S/c1-11(14-12(2)17-13(3)19-14)16-10-15(18(4)5)8-6-7-9-15/h11,16H,6-10H2,1-5H3. The molecule has 1 saturated carbocycles. The van der Waals surface area contributed by atoms with Gasteiger partial charge in [-0.25, -0.2) is 4.98 Å². The highest BCUT2D eigenvalue weighted by atomic mass is 32.1. The molecule has 1 heterocycles. The second kappa shape index (κ2) is 5.90. The summed E-state index contributed by atoms with van der Waals surface area (Å²) in [6, 6.07) is 0.406. The lowest BCUT2D eigenvalue weighted by atomic mass is 9.95. The molecule has 0 spiro atoms.